The maximum atomic E-state index is 6.06. The van der Waals surface area contributed by atoms with Gasteiger partial charge in [0.15, 0.2) is 0 Å². The van der Waals surface area contributed by atoms with Crippen molar-refractivity contribution < 1.29 is 0 Å². The molecule has 1 saturated heterocycles. The van der Waals surface area contributed by atoms with Gasteiger partial charge in [-0.3, -0.25) is 4.90 Å². The van der Waals surface area contributed by atoms with Gasteiger partial charge in [-0.25, -0.2) is 9.97 Å². The number of anilines is 1. The van der Waals surface area contributed by atoms with Crippen molar-refractivity contribution in [1.29, 1.82) is 0 Å². The Bertz CT molecular complexity index is 411. The van der Waals surface area contributed by atoms with Gasteiger partial charge in [-0.1, -0.05) is 18.5 Å². The quantitative estimate of drug-likeness (QED) is 0.770. The lowest BCUT2D eigenvalue weighted by molar-refractivity contribution is 0.169. The fraction of sp³-hybridized carbons (Fsp3) is 0.692. The predicted molar refractivity (Wildman–Crippen MR) is 75.3 cm³/mol. The van der Waals surface area contributed by atoms with Crippen molar-refractivity contribution in [2.24, 2.45) is 0 Å². The van der Waals surface area contributed by atoms with E-state index in [1.165, 1.54) is 0 Å². The monoisotopic (exact) mass is 268 g/mol. The molecule has 5 heteroatoms. The van der Waals surface area contributed by atoms with Gasteiger partial charge < -0.3 is 4.90 Å². The minimum atomic E-state index is 0.521. The van der Waals surface area contributed by atoms with Gasteiger partial charge in [-0.2, -0.15) is 0 Å². The first-order valence-corrected chi connectivity index (χ1v) is 6.89. The molecule has 0 spiro atoms. The molecule has 1 aliphatic heterocycles. The van der Waals surface area contributed by atoms with Crippen LogP contribution in [0.1, 0.15) is 26.6 Å². The molecule has 0 bridgehead atoms. The summed E-state index contributed by atoms with van der Waals surface area (Å²) in [5, 5.41) is 0.538. The minimum Gasteiger partial charge on any atom is -0.353 e. The van der Waals surface area contributed by atoms with E-state index >= 15 is 0 Å². The summed E-state index contributed by atoms with van der Waals surface area (Å²) in [6, 6.07) is 2.91. The Labute approximate surface area is 114 Å². The highest BCUT2D eigenvalue weighted by molar-refractivity contribution is 6.29. The summed E-state index contributed by atoms with van der Waals surface area (Å²) in [6.07, 6.45) is 0.812. The van der Waals surface area contributed by atoms with E-state index in [0.29, 0.717) is 17.2 Å². The maximum Gasteiger partial charge on any atom is 0.134 e. The number of rotatable bonds is 2. The highest BCUT2D eigenvalue weighted by atomic mass is 35.5. The molecule has 0 aliphatic carbocycles. The third-order valence-electron chi connectivity index (χ3n) is 3.73. The molecule has 2 atom stereocenters. The second-order valence-corrected chi connectivity index (χ2v) is 5.47. The molecule has 1 aromatic heterocycles. The van der Waals surface area contributed by atoms with Gasteiger partial charge in [-0.05, 0) is 20.9 Å². The number of halogens is 1. The highest BCUT2D eigenvalue weighted by Gasteiger charge is 2.27. The number of hydrogen-bond acceptors (Lipinski definition) is 4. The number of piperazine rings is 1. The first kappa shape index (κ1) is 13.6. The summed E-state index contributed by atoms with van der Waals surface area (Å²) < 4.78 is 0. The van der Waals surface area contributed by atoms with Gasteiger partial charge in [0.05, 0.1) is 0 Å². The van der Waals surface area contributed by atoms with E-state index in [0.717, 1.165) is 31.2 Å². The summed E-state index contributed by atoms with van der Waals surface area (Å²) in [5.41, 5.74) is 0. The third-order valence-corrected chi connectivity index (χ3v) is 3.92. The van der Waals surface area contributed by atoms with E-state index in [4.69, 9.17) is 11.6 Å². The predicted octanol–water partition coefficient (Wildman–Crippen LogP) is 2.22. The van der Waals surface area contributed by atoms with Crippen LogP contribution in [0.4, 0.5) is 5.82 Å². The largest absolute Gasteiger partial charge is 0.353 e. The lowest BCUT2D eigenvalue weighted by Gasteiger charge is -2.43. The zero-order valence-electron chi connectivity index (χ0n) is 11.5. The van der Waals surface area contributed by atoms with Gasteiger partial charge in [0.1, 0.15) is 16.8 Å². The van der Waals surface area contributed by atoms with Crippen molar-refractivity contribution in [2.45, 2.75) is 39.3 Å². The van der Waals surface area contributed by atoms with Crippen LogP contribution in [0, 0.1) is 0 Å². The molecule has 18 heavy (non-hydrogen) atoms. The number of nitrogens with zero attached hydrogens (tertiary/aromatic N) is 4. The lowest BCUT2D eigenvalue weighted by Crippen LogP contribution is -2.55. The molecule has 2 rings (SSSR count). The average Bonchev–Trinajstić information content (AvgIpc) is 2.34. The molecule has 1 fully saturated rings. The van der Waals surface area contributed by atoms with Crippen LogP contribution >= 0.6 is 11.6 Å². The van der Waals surface area contributed by atoms with Crippen molar-refractivity contribution in [3.8, 4) is 0 Å². The summed E-state index contributed by atoms with van der Waals surface area (Å²) in [4.78, 5) is 13.5. The Balaban J connectivity index is 2.23. The number of aryl methyl sites for hydroxylation is 1. The van der Waals surface area contributed by atoms with Crippen molar-refractivity contribution in [2.75, 3.05) is 25.0 Å². The average molecular weight is 269 g/mol. The zero-order chi connectivity index (χ0) is 13.3. The van der Waals surface area contributed by atoms with Crippen molar-refractivity contribution in [3.63, 3.8) is 0 Å². The maximum absolute atomic E-state index is 6.06. The topological polar surface area (TPSA) is 32.3 Å². The number of hydrogen-bond donors (Lipinski definition) is 0. The smallest absolute Gasteiger partial charge is 0.134 e. The molecule has 0 aromatic carbocycles. The Morgan fingerprint density at radius 1 is 1.28 bits per heavy atom. The van der Waals surface area contributed by atoms with E-state index in [1.54, 1.807) is 0 Å². The van der Waals surface area contributed by atoms with Crippen LogP contribution in [-0.4, -0.2) is 47.1 Å². The van der Waals surface area contributed by atoms with Crippen LogP contribution < -0.4 is 4.90 Å². The standard InChI is InChI=1S/C13H21ClN4/c1-5-12-15-11(14)6-13(16-12)18-7-9(2)17(4)10(3)8-18/h6,9-10H,5,7-8H2,1-4H3. The summed E-state index contributed by atoms with van der Waals surface area (Å²) in [7, 11) is 2.18. The van der Waals surface area contributed by atoms with Gasteiger partial charge >= 0.3 is 0 Å². The van der Waals surface area contributed by atoms with E-state index in [1.807, 2.05) is 13.0 Å². The highest BCUT2D eigenvalue weighted by Crippen LogP contribution is 2.22. The Kier molecular flexibility index (Phi) is 4.07. The van der Waals surface area contributed by atoms with Gasteiger partial charge in [0, 0.05) is 37.7 Å². The van der Waals surface area contributed by atoms with Crippen LogP contribution in [0.3, 0.4) is 0 Å². The minimum absolute atomic E-state index is 0.521. The Morgan fingerprint density at radius 2 is 1.89 bits per heavy atom. The molecule has 0 amide bonds. The Morgan fingerprint density at radius 3 is 2.44 bits per heavy atom. The molecular formula is C13H21ClN4. The zero-order valence-corrected chi connectivity index (χ0v) is 12.3. The van der Waals surface area contributed by atoms with E-state index < -0.39 is 0 Å². The lowest BCUT2D eigenvalue weighted by atomic mass is 10.1. The van der Waals surface area contributed by atoms with E-state index in [2.05, 4.69) is 40.7 Å². The fourth-order valence-corrected chi connectivity index (χ4v) is 2.56. The van der Waals surface area contributed by atoms with E-state index in [-0.39, 0.29) is 0 Å². The molecule has 2 unspecified atom stereocenters. The summed E-state index contributed by atoms with van der Waals surface area (Å²) in [5.74, 6) is 1.77. The Hall–Kier alpha value is -0.870. The summed E-state index contributed by atoms with van der Waals surface area (Å²) in [6.45, 7) is 8.50. The van der Waals surface area contributed by atoms with Gasteiger partial charge in [0.25, 0.3) is 0 Å². The van der Waals surface area contributed by atoms with Gasteiger partial charge in [0.2, 0.25) is 0 Å². The van der Waals surface area contributed by atoms with Crippen molar-refractivity contribution in [1.82, 2.24) is 14.9 Å². The van der Waals surface area contributed by atoms with Gasteiger partial charge in [-0.15, -0.1) is 0 Å². The second kappa shape index (κ2) is 5.41. The molecule has 0 saturated carbocycles. The molecule has 0 N–H and O–H groups in total. The third kappa shape index (κ3) is 2.75. The molecule has 0 radical (unpaired) electrons. The number of likely N-dealkylation sites (N-methyl/N-ethyl adjacent to an activating group) is 1. The first-order chi connectivity index (χ1) is 8.51. The van der Waals surface area contributed by atoms with Crippen molar-refractivity contribution in [3.05, 3.63) is 17.0 Å². The molecular weight excluding hydrogens is 248 g/mol. The van der Waals surface area contributed by atoms with Crippen LogP contribution in [0.2, 0.25) is 5.15 Å². The van der Waals surface area contributed by atoms with Crippen molar-refractivity contribution >= 4 is 17.4 Å². The molecule has 1 aliphatic rings. The normalized spacial score (nSPS) is 25.5. The molecule has 1 aromatic rings. The van der Waals surface area contributed by atoms with Crippen LogP contribution in [0.25, 0.3) is 0 Å². The SMILES string of the molecule is CCc1nc(Cl)cc(N2CC(C)N(C)C(C)C2)n1. The van der Waals surface area contributed by atoms with E-state index in [9.17, 15) is 0 Å². The fourth-order valence-electron chi connectivity index (χ4n) is 2.36. The van der Waals surface area contributed by atoms with Crippen LogP contribution in [0.5, 0.6) is 0 Å². The summed E-state index contributed by atoms with van der Waals surface area (Å²) >= 11 is 6.06. The molecule has 100 valence electrons. The van der Waals surface area contributed by atoms with Crippen LogP contribution in [0.15, 0.2) is 6.07 Å². The number of aromatic nitrogens is 2. The first-order valence-electron chi connectivity index (χ1n) is 6.51. The van der Waals surface area contributed by atoms with Crippen LogP contribution in [-0.2, 0) is 6.42 Å². The second-order valence-electron chi connectivity index (χ2n) is 5.09. The molecule has 4 nitrogen and oxygen atoms in total. The molecule has 2 heterocycles.